The lowest BCUT2D eigenvalue weighted by molar-refractivity contribution is -0.139. The number of alkyl halides is 3. The highest BCUT2D eigenvalue weighted by atomic mass is 19.4. The van der Waals surface area contributed by atoms with Gasteiger partial charge in [0.25, 0.3) is 5.91 Å². The number of nitrogens with one attached hydrogen (secondary N) is 1. The molecule has 2 aliphatic rings. The third-order valence-electron chi connectivity index (χ3n) is 7.14. The van der Waals surface area contributed by atoms with Gasteiger partial charge in [-0.1, -0.05) is 38.1 Å². The Kier molecular flexibility index (Phi) is 8.54. The number of likely N-dealkylation sites (tertiary alicyclic amines) is 1. The van der Waals surface area contributed by atoms with Crippen LogP contribution in [0.5, 0.6) is 0 Å². The highest BCUT2D eigenvalue weighted by Gasteiger charge is 2.38. The average molecular weight is 543 g/mol. The number of piperidine rings is 1. The summed E-state index contributed by atoms with van der Waals surface area (Å²) in [5.74, 6) is -1.67. The number of carboxylic acid groups (broad SMARTS) is 1. The van der Waals surface area contributed by atoms with Crippen molar-refractivity contribution in [1.82, 2.24) is 15.2 Å². The molecule has 2 atom stereocenters. The monoisotopic (exact) mass is 542 g/mol. The fourth-order valence-corrected chi connectivity index (χ4v) is 5.34. The molecule has 1 fully saturated rings. The molecule has 1 amide bonds. The zero-order chi connectivity index (χ0) is 28.2. The molecule has 208 valence electrons. The molecule has 3 heterocycles. The second kappa shape index (κ2) is 11.7. The van der Waals surface area contributed by atoms with E-state index >= 15 is 0 Å². The van der Waals surface area contributed by atoms with Crippen molar-refractivity contribution in [3.8, 4) is 0 Å². The molecule has 1 aromatic heterocycles. The summed E-state index contributed by atoms with van der Waals surface area (Å²) in [6.45, 7) is 6.84. The summed E-state index contributed by atoms with van der Waals surface area (Å²) in [6.07, 6.45) is 0.698. The predicted molar refractivity (Wildman–Crippen MR) is 142 cm³/mol. The van der Waals surface area contributed by atoms with E-state index in [9.17, 15) is 27.9 Å². The SMILES string of the molecule is CC1(C)CCCN(CC[C@@H](CC(=O)O)NC(=O)C2=NC(c3ccccc3C(F)(F)F)C(c3ccccn3)=C2)C1. The zero-order valence-electron chi connectivity index (χ0n) is 22.0. The number of pyridine rings is 1. The van der Waals surface area contributed by atoms with Crippen LogP contribution in [0.3, 0.4) is 0 Å². The predicted octanol–water partition coefficient (Wildman–Crippen LogP) is 5.15. The second-order valence-electron chi connectivity index (χ2n) is 10.9. The van der Waals surface area contributed by atoms with Gasteiger partial charge in [0.05, 0.1) is 17.7 Å². The van der Waals surface area contributed by atoms with E-state index in [1.54, 1.807) is 18.2 Å². The molecule has 0 bridgehead atoms. The quantitative estimate of drug-likeness (QED) is 0.457. The van der Waals surface area contributed by atoms with E-state index in [4.69, 9.17) is 0 Å². The third kappa shape index (κ3) is 7.32. The van der Waals surface area contributed by atoms with E-state index in [1.807, 2.05) is 0 Å². The topological polar surface area (TPSA) is 94.9 Å². The molecule has 1 unspecified atom stereocenters. The van der Waals surface area contributed by atoms with Gasteiger partial charge in [0.1, 0.15) is 11.8 Å². The van der Waals surface area contributed by atoms with Crippen LogP contribution in [0.2, 0.25) is 0 Å². The number of benzene rings is 1. The first-order chi connectivity index (χ1) is 18.4. The van der Waals surface area contributed by atoms with E-state index in [-0.39, 0.29) is 23.1 Å². The number of rotatable bonds is 9. The Labute approximate surface area is 225 Å². The molecule has 0 radical (unpaired) electrons. The number of amides is 1. The molecule has 7 nitrogen and oxygen atoms in total. The van der Waals surface area contributed by atoms with Gasteiger partial charge in [0.2, 0.25) is 0 Å². The van der Waals surface area contributed by atoms with Crippen molar-refractivity contribution < 1.29 is 27.9 Å². The van der Waals surface area contributed by atoms with Gasteiger partial charge in [-0.2, -0.15) is 13.2 Å². The third-order valence-corrected chi connectivity index (χ3v) is 7.14. The fraction of sp³-hybridized carbons (Fsp3) is 0.448. The standard InChI is InChI=1S/C29H33F3N4O3/c1-28(2)12-7-14-36(18-28)15-11-19(16-25(37)38)34-27(39)24-17-21(23-10-5-6-13-33-23)26(35-24)20-8-3-4-9-22(20)29(30,31)32/h3-6,8-10,13,17,19,26H,7,11-12,14-16,18H2,1-2H3,(H,34,39)(H,37,38)/t19-,26?/m0/s1. The Bertz CT molecular complexity index is 1260. The Hall–Kier alpha value is -3.53. The molecule has 1 saturated heterocycles. The molecule has 0 aliphatic carbocycles. The average Bonchev–Trinajstić information content (AvgIpc) is 3.32. The minimum atomic E-state index is -4.61. The molecule has 0 saturated carbocycles. The first kappa shape index (κ1) is 28.5. The van der Waals surface area contributed by atoms with Crippen molar-refractivity contribution in [3.05, 3.63) is 71.6 Å². The zero-order valence-corrected chi connectivity index (χ0v) is 22.0. The van der Waals surface area contributed by atoms with Gasteiger partial charge in [0, 0.05) is 30.9 Å². The van der Waals surface area contributed by atoms with E-state index < -0.39 is 35.7 Å². The molecule has 0 spiro atoms. The van der Waals surface area contributed by atoms with Crippen LogP contribution < -0.4 is 5.32 Å². The van der Waals surface area contributed by atoms with Gasteiger partial charge in [-0.15, -0.1) is 0 Å². The summed E-state index contributed by atoms with van der Waals surface area (Å²) in [7, 11) is 0. The Balaban J connectivity index is 1.58. The van der Waals surface area contributed by atoms with E-state index in [0.717, 1.165) is 32.0 Å². The number of aliphatic carboxylic acids is 1. The lowest BCUT2D eigenvalue weighted by Gasteiger charge is -2.38. The maximum atomic E-state index is 13.8. The molecule has 10 heteroatoms. The van der Waals surface area contributed by atoms with Crippen LogP contribution in [0.1, 0.15) is 62.4 Å². The maximum Gasteiger partial charge on any atom is 0.416 e. The van der Waals surface area contributed by atoms with Gasteiger partial charge in [0.15, 0.2) is 0 Å². The van der Waals surface area contributed by atoms with Gasteiger partial charge in [-0.25, -0.2) is 0 Å². The lowest BCUT2D eigenvalue weighted by atomic mass is 9.84. The Morgan fingerprint density at radius 1 is 1.18 bits per heavy atom. The van der Waals surface area contributed by atoms with E-state index in [0.29, 0.717) is 24.2 Å². The molecular formula is C29H33F3N4O3. The number of carboxylic acids is 1. The van der Waals surface area contributed by atoms with Crippen molar-refractivity contribution in [1.29, 1.82) is 0 Å². The summed E-state index contributed by atoms with van der Waals surface area (Å²) in [4.78, 5) is 35.8. The number of aliphatic imine (C=N–C) groups is 1. The summed E-state index contributed by atoms with van der Waals surface area (Å²) in [5.41, 5.74) is -0.0396. The number of hydrogen-bond donors (Lipinski definition) is 2. The highest BCUT2D eigenvalue weighted by molar-refractivity contribution is 6.45. The molecule has 1 aromatic carbocycles. The molecule has 39 heavy (non-hydrogen) atoms. The Morgan fingerprint density at radius 2 is 1.92 bits per heavy atom. The fourth-order valence-electron chi connectivity index (χ4n) is 5.34. The first-order valence-electron chi connectivity index (χ1n) is 13.0. The van der Waals surface area contributed by atoms with Crippen LogP contribution >= 0.6 is 0 Å². The molecule has 4 rings (SSSR count). The number of hydrogen-bond acceptors (Lipinski definition) is 5. The first-order valence-corrected chi connectivity index (χ1v) is 13.0. The van der Waals surface area contributed by atoms with Crippen LogP contribution in [0.15, 0.2) is 59.7 Å². The summed E-state index contributed by atoms with van der Waals surface area (Å²) < 4.78 is 41.5. The number of nitrogens with zero attached hydrogens (tertiary/aromatic N) is 3. The van der Waals surface area contributed by atoms with Crippen molar-refractivity contribution in [2.45, 2.75) is 57.8 Å². The Morgan fingerprint density at radius 3 is 2.59 bits per heavy atom. The highest BCUT2D eigenvalue weighted by Crippen LogP contribution is 2.42. The lowest BCUT2D eigenvalue weighted by Crippen LogP contribution is -2.45. The van der Waals surface area contributed by atoms with Gasteiger partial charge >= 0.3 is 12.1 Å². The van der Waals surface area contributed by atoms with Crippen LogP contribution in [-0.4, -0.2) is 58.3 Å². The number of carbonyl (C=O) groups excluding carboxylic acids is 1. The number of halogens is 3. The number of aromatic nitrogens is 1. The summed E-state index contributed by atoms with van der Waals surface area (Å²) >= 11 is 0. The molecule has 2 aromatic rings. The van der Waals surface area contributed by atoms with Crippen molar-refractivity contribution in [2.75, 3.05) is 19.6 Å². The van der Waals surface area contributed by atoms with Crippen LogP contribution in [0.4, 0.5) is 13.2 Å². The number of carbonyl (C=O) groups is 2. The normalized spacial score (nSPS) is 20.2. The molecular weight excluding hydrogens is 509 g/mol. The second-order valence-corrected chi connectivity index (χ2v) is 10.9. The van der Waals surface area contributed by atoms with Crippen LogP contribution in [-0.2, 0) is 15.8 Å². The molecule has 2 N–H and O–H groups in total. The van der Waals surface area contributed by atoms with Crippen LogP contribution in [0, 0.1) is 5.41 Å². The van der Waals surface area contributed by atoms with Crippen molar-refractivity contribution in [3.63, 3.8) is 0 Å². The summed E-state index contributed by atoms with van der Waals surface area (Å²) in [6, 6.07) is 8.44. The van der Waals surface area contributed by atoms with Crippen molar-refractivity contribution >= 4 is 23.2 Å². The van der Waals surface area contributed by atoms with Gasteiger partial charge in [-0.05, 0) is 61.1 Å². The van der Waals surface area contributed by atoms with Crippen molar-refractivity contribution in [2.24, 2.45) is 10.4 Å². The smallest absolute Gasteiger partial charge is 0.416 e. The minimum absolute atomic E-state index is 0.0628. The summed E-state index contributed by atoms with van der Waals surface area (Å²) in [5, 5.41) is 12.2. The largest absolute Gasteiger partial charge is 0.481 e. The molecule has 2 aliphatic heterocycles. The maximum absolute atomic E-state index is 13.8. The van der Waals surface area contributed by atoms with E-state index in [1.165, 1.54) is 30.5 Å². The van der Waals surface area contributed by atoms with Crippen LogP contribution in [0.25, 0.3) is 5.57 Å². The van der Waals surface area contributed by atoms with Gasteiger partial charge in [-0.3, -0.25) is 19.6 Å². The van der Waals surface area contributed by atoms with Gasteiger partial charge < -0.3 is 15.3 Å². The minimum Gasteiger partial charge on any atom is -0.481 e. The van der Waals surface area contributed by atoms with E-state index in [2.05, 4.69) is 34.0 Å².